The molecule has 0 aliphatic carbocycles. The third-order valence-electron chi connectivity index (χ3n) is 4.55. The van der Waals surface area contributed by atoms with Gasteiger partial charge >= 0.3 is 6.03 Å². The van der Waals surface area contributed by atoms with E-state index in [2.05, 4.69) is 10.6 Å². The van der Waals surface area contributed by atoms with E-state index in [4.69, 9.17) is 5.26 Å². The van der Waals surface area contributed by atoms with Crippen LogP contribution in [0.25, 0.3) is 0 Å². The molecule has 0 aromatic heterocycles. The minimum Gasteiger partial charge on any atom is -0.323 e. The molecule has 1 heterocycles. The van der Waals surface area contributed by atoms with Gasteiger partial charge in [-0.2, -0.15) is 5.26 Å². The number of non-ortho nitro benzene ring substituents is 1. The van der Waals surface area contributed by atoms with Gasteiger partial charge in [-0.05, 0) is 36.8 Å². The first-order chi connectivity index (χ1) is 13.8. The molecule has 29 heavy (non-hydrogen) atoms. The molecule has 146 valence electrons. The molecule has 1 aliphatic heterocycles. The van der Waals surface area contributed by atoms with Crippen molar-refractivity contribution in [1.82, 2.24) is 10.2 Å². The highest BCUT2D eigenvalue weighted by atomic mass is 16.6. The van der Waals surface area contributed by atoms with Gasteiger partial charge in [-0.15, -0.1) is 0 Å². The maximum Gasteiger partial charge on any atom is 0.325 e. The Bertz CT molecular complexity index is 1060. The summed E-state index contributed by atoms with van der Waals surface area (Å²) in [5, 5.41) is 24.9. The molecule has 0 bridgehead atoms. The van der Waals surface area contributed by atoms with Gasteiger partial charge < -0.3 is 10.6 Å². The molecular weight excluding hydrogens is 378 g/mol. The monoisotopic (exact) mass is 393 g/mol. The number of hydrogen-bond acceptors (Lipinski definition) is 6. The smallest absolute Gasteiger partial charge is 0.323 e. The van der Waals surface area contributed by atoms with Crippen LogP contribution in [0.3, 0.4) is 0 Å². The van der Waals surface area contributed by atoms with Crippen LogP contribution in [0.2, 0.25) is 0 Å². The van der Waals surface area contributed by atoms with E-state index in [0.29, 0.717) is 5.56 Å². The number of imide groups is 1. The van der Waals surface area contributed by atoms with Gasteiger partial charge in [-0.1, -0.05) is 12.1 Å². The average molecular weight is 393 g/mol. The molecule has 2 N–H and O–H groups in total. The van der Waals surface area contributed by atoms with Crippen LogP contribution in [0.15, 0.2) is 48.5 Å². The lowest BCUT2D eigenvalue weighted by Gasteiger charge is -2.22. The van der Waals surface area contributed by atoms with Gasteiger partial charge in [-0.3, -0.25) is 24.6 Å². The van der Waals surface area contributed by atoms with Gasteiger partial charge in [0.15, 0.2) is 0 Å². The van der Waals surface area contributed by atoms with Crippen molar-refractivity contribution >= 4 is 29.2 Å². The summed E-state index contributed by atoms with van der Waals surface area (Å²) < 4.78 is 0. The lowest BCUT2D eigenvalue weighted by atomic mass is 9.92. The Balaban J connectivity index is 1.77. The number of nitrogens with zero attached hydrogens (tertiary/aromatic N) is 3. The Kier molecular flexibility index (Phi) is 4.97. The zero-order valence-corrected chi connectivity index (χ0v) is 15.2. The van der Waals surface area contributed by atoms with Crippen LogP contribution in [0, 0.1) is 21.4 Å². The molecule has 0 unspecified atom stereocenters. The molecule has 0 radical (unpaired) electrons. The maximum atomic E-state index is 12.8. The van der Waals surface area contributed by atoms with E-state index in [1.807, 2.05) is 6.07 Å². The SMILES string of the molecule is C[C@]1(c2ccc([N+](=O)[O-])cc2)NC(=O)N(CC(=O)Nc2ccccc2C#N)C1=O. The van der Waals surface area contributed by atoms with Crippen molar-refractivity contribution in [1.29, 1.82) is 5.26 Å². The molecule has 1 aliphatic rings. The molecule has 2 aromatic rings. The number of carbonyl (C=O) groups excluding carboxylic acids is 3. The van der Waals surface area contributed by atoms with Gasteiger partial charge in [-0.25, -0.2) is 4.79 Å². The number of urea groups is 1. The number of para-hydroxylation sites is 1. The predicted octanol–water partition coefficient (Wildman–Crippen LogP) is 1.87. The molecule has 1 saturated heterocycles. The van der Waals surface area contributed by atoms with E-state index in [0.717, 1.165) is 4.90 Å². The standard InChI is InChI=1S/C19H15N5O5/c1-19(13-6-8-14(9-7-13)24(28)29)17(26)23(18(27)22-19)11-16(25)21-15-5-3-2-4-12(15)10-20/h2-9H,11H2,1H3,(H,21,25)(H,22,27)/t19-/m1/s1. The minimum absolute atomic E-state index is 0.151. The highest BCUT2D eigenvalue weighted by molar-refractivity contribution is 6.10. The molecule has 10 nitrogen and oxygen atoms in total. The van der Waals surface area contributed by atoms with Crippen LogP contribution in [-0.4, -0.2) is 34.2 Å². The second kappa shape index (κ2) is 7.40. The molecule has 0 spiro atoms. The van der Waals surface area contributed by atoms with Gasteiger partial charge in [0.1, 0.15) is 18.2 Å². The quantitative estimate of drug-likeness (QED) is 0.450. The van der Waals surface area contributed by atoms with Crippen molar-refractivity contribution in [3.63, 3.8) is 0 Å². The van der Waals surface area contributed by atoms with Crippen LogP contribution in [0.5, 0.6) is 0 Å². The summed E-state index contributed by atoms with van der Waals surface area (Å²) in [4.78, 5) is 48.5. The molecule has 10 heteroatoms. The molecule has 3 rings (SSSR count). The van der Waals surface area contributed by atoms with Crippen molar-refractivity contribution in [3.05, 3.63) is 69.8 Å². The normalized spacial score (nSPS) is 18.1. The van der Waals surface area contributed by atoms with E-state index in [9.17, 15) is 24.5 Å². The average Bonchev–Trinajstić information content (AvgIpc) is 2.92. The summed E-state index contributed by atoms with van der Waals surface area (Å²) in [6.07, 6.45) is 0. The van der Waals surface area contributed by atoms with Crippen LogP contribution in [0.4, 0.5) is 16.2 Å². The van der Waals surface area contributed by atoms with Crippen molar-refractivity contribution in [3.8, 4) is 6.07 Å². The van der Waals surface area contributed by atoms with E-state index in [1.54, 1.807) is 12.1 Å². The Morgan fingerprint density at radius 2 is 1.90 bits per heavy atom. The number of hydrogen-bond donors (Lipinski definition) is 2. The van der Waals surface area contributed by atoms with Crippen molar-refractivity contribution in [2.24, 2.45) is 0 Å². The molecule has 0 saturated carbocycles. The summed E-state index contributed by atoms with van der Waals surface area (Å²) in [6.45, 7) is 0.907. The van der Waals surface area contributed by atoms with Gasteiger partial charge in [0.05, 0.1) is 16.2 Å². The first-order valence-corrected chi connectivity index (χ1v) is 8.44. The number of nitrogens with one attached hydrogen (secondary N) is 2. The molecule has 1 atom stereocenters. The molecular formula is C19H15N5O5. The number of nitriles is 1. The zero-order chi connectivity index (χ0) is 21.2. The number of benzene rings is 2. The van der Waals surface area contributed by atoms with Gasteiger partial charge in [0, 0.05) is 12.1 Å². The summed E-state index contributed by atoms with van der Waals surface area (Å²) >= 11 is 0. The number of amides is 4. The van der Waals surface area contributed by atoms with Crippen molar-refractivity contribution in [2.75, 3.05) is 11.9 Å². The van der Waals surface area contributed by atoms with E-state index in [1.165, 1.54) is 43.3 Å². The Hall–Kier alpha value is -4.26. The van der Waals surface area contributed by atoms with E-state index in [-0.39, 0.29) is 16.9 Å². The number of nitro benzene ring substituents is 1. The fourth-order valence-electron chi connectivity index (χ4n) is 2.98. The second-order valence-corrected chi connectivity index (χ2v) is 6.46. The Labute approximate surface area is 164 Å². The highest BCUT2D eigenvalue weighted by Gasteiger charge is 2.49. The predicted molar refractivity (Wildman–Crippen MR) is 100 cm³/mol. The van der Waals surface area contributed by atoms with Gasteiger partial charge in [0.2, 0.25) is 5.91 Å². The lowest BCUT2D eigenvalue weighted by Crippen LogP contribution is -2.42. The van der Waals surface area contributed by atoms with Crippen molar-refractivity contribution < 1.29 is 19.3 Å². The number of nitro groups is 1. The van der Waals surface area contributed by atoms with Crippen molar-refractivity contribution in [2.45, 2.75) is 12.5 Å². The first kappa shape index (κ1) is 19.5. The van der Waals surface area contributed by atoms with E-state index >= 15 is 0 Å². The Morgan fingerprint density at radius 1 is 1.24 bits per heavy atom. The van der Waals surface area contributed by atoms with Crippen LogP contribution < -0.4 is 10.6 Å². The van der Waals surface area contributed by atoms with Crippen LogP contribution in [0.1, 0.15) is 18.1 Å². The summed E-state index contributed by atoms with van der Waals surface area (Å²) in [7, 11) is 0. The summed E-state index contributed by atoms with van der Waals surface area (Å²) in [6, 6.07) is 12.7. The number of anilines is 1. The first-order valence-electron chi connectivity index (χ1n) is 8.44. The van der Waals surface area contributed by atoms with Crippen LogP contribution >= 0.6 is 0 Å². The fraction of sp³-hybridized carbons (Fsp3) is 0.158. The highest BCUT2D eigenvalue weighted by Crippen LogP contribution is 2.30. The summed E-state index contributed by atoms with van der Waals surface area (Å²) in [5.41, 5.74) is -0.753. The fourth-order valence-corrected chi connectivity index (χ4v) is 2.98. The molecule has 1 fully saturated rings. The maximum absolute atomic E-state index is 12.8. The molecule has 4 amide bonds. The van der Waals surface area contributed by atoms with Crippen LogP contribution in [-0.2, 0) is 15.1 Å². The third-order valence-corrected chi connectivity index (χ3v) is 4.55. The zero-order valence-electron chi connectivity index (χ0n) is 15.2. The van der Waals surface area contributed by atoms with E-state index < -0.39 is 34.9 Å². The third kappa shape index (κ3) is 3.61. The molecule has 2 aromatic carbocycles. The number of rotatable bonds is 5. The lowest BCUT2D eigenvalue weighted by molar-refractivity contribution is -0.384. The topological polar surface area (TPSA) is 145 Å². The largest absolute Gasteiger partial charge is 0.325 e. The number of carbonyl (C=O) groups is 3. The second-order valence-electron chi connectivity index (χ2n) is 6.46. The van der Waals surface area contributed by atoms with Gasteiger partial charge in [0.25, 0.3) is 11.6 Å². The minimum atomic E-state index is -1.46. The summed E-state index contributed by atoms with van der Waals surface area (Å²) in [5.74, 6) is -1.32. The Morgan fingerprint density at radius 3 is 2.52 bits per heavy atom.